The number of phenolic OH excluding ortho intramolecular Hbond substituents is 1. The molecule has 3 saturated heterocycles. The third kappa shape index (κ3) is 12.5. The monoisotopic (exact) mass is 1050 g/mol. The first-order valence-corrected chi connectivity index (χ1v) is 27.4. The Morgan fingerprint density at radius 1 is 0.679 bits per heavy atom. The van der Waals surface area contributed by atoms with E-state index in [1.165, 1.54) is 17.7 Å². The Labute approximate surface area is 455 Å². The molecule has 3 aliphatic heterocycles. The van der Waals surface area contributed by atoms with E-state index in [9.17, 15) is 34.5 Å². The van der Waals surface area contributed by atoms with Crippen LogP contribution in [0, 0.1) is 11.3 Å². The lowest BCUT2D eigenvalue weighted by molar-refractivity contribution is -0.164. The molecule has 1 spiro atoms. The number of hydrogen-bond donors (Lipinski definition) is 5. The van der Waals surface area contributed by atoms with Crippen LogP contribution in [0.1, 0.15) is 98.7 Å². The van der Waals surface area contributed by atoms with Crippen LogP contribution in [0.15, 0.2) is 163 Å². The first kappa shape index (κ1) is 53.8. The number of carbonyl (C=O) groups is 3. The molecule has 14 nitrogen and oxygen atoms in total. The number of aliphatic hydroxyl groups is 2. The second kappa shape index (κ2) is 24.4. The standard InChI is InChI=1S/C64H69N5O9/c70-56-24-22-54(55-23-25-58(72)66-59(55)56)57(71)41-65-33-26-45-14-18-49(19-15-45)60(73)68-36-29-63(30-37-68)31-38-69(39-32-63)61(74)50-20-16-47(17-21-50)43-77-53-13-7-12-52(40-53)64(76,51-10-5-2-6-11-51)62(75)78-44-48-27-34-67(35-28-48)42-46-8-3-1-4-9-46/h1-25,40,48,57,65,70-71,76H,26-39,41-44H2,(H,66,72)/t57-,64?/m0/s1. The van der Waals surface area contributed by atoms with Gasteiger partial charge in [0.25, 0.3) is 11.8 Å². The number of rotatable bonds is 18. The predicted molar refractivity (Wildman–Crippen MR) is 299 cm³/mol. The van der Waals surface area contributed by atoms with Crippen molar-refractivity contribution in [2.45, 2.75) is 69.8 Å². The number of benzene rings is 6. The lowest BCUT2D eigenvalue weighted by Gasteiger charge is -2.47. The lowest BCUT2D eigenvalue weighted by atomic mass is 9.71. The van der Waals surface area contributed by atoms with Crippen molar-refractivity contribution in [2.24, 2.45) is 11.3 Å². The summed E-state index contributed by atoms with van der Waals surface area (Å²) in [6, 6.07) is 47.6. The fraction of sp³-hybridized carbons (Fsp3) is 0.344. The Bertz CT molecular complexity index is 3220. The van der Waals surface area contributed by atoms with E-state index in [0.717, 1.165) is 69.3 Å². The molecule has 5 N–H and O–H groups in total. The maximum atomic E-state index is 14.0. The molecule has 1 aromatic heterocycles. The molecular formula is C64H69N5O9. The minimum atomic E-state index is -2.05. The number of H-pyrrole nitrogens is 1. The molecule has 10 rings (SSSR count). The quantitative estimate of drug-likeness (QED) is 0.0410. The first-order valence-electron chi connectivity index (χ1n) is 27.4. The molecular weight excluding hydrogens is 983 g/mol. The van der Waals surface area contributed by atoms with Crippen molar-refractivity contribution in [3.05, 3.63) is 213 Å². The van der Waals surface area contributed by atoms with Gasteiger partial charge < -0.3 is 44.9 Å². The number of ether oxygens (including phenoxy) is 2. The number of esters is 1. The van der Waals surface area contributed by atoms with Crippen molar-refractivity contribution in [1.29, 1.82) is 0 Å². The molecule has 4 heterocycles. The van der Waals surface area contributed by atoms with Gasteiger partial charge in [-0.3, -0.25) is 19.3 Å². The molecule has 7 aromatic rings. The van der Waals surface area contributed by atoms with Crippen LogP contribution in [0.2, 0.25) is 0 Å². The smallest absolute Gasteiger partial charge is 0.347 e. The molecule has 6 aromatic carbocycles. The van der Waals surface area contributed by atoms with E-state index in [1.54, 1.807) is 60.7 Å². The van der Waals surface area contributed by atoms with Crippen LogP contribution in [0.4, 0.5) is 0 Å². The molecule has 14 heteroatoms. The van der Waals surface area contributed by atoms with Crippen molar-refractivity contribution in [3.63, 3.8) is 0 Å². The van der Waals surface area contributed by atoms with Crippen LogP contribution in [0.5, 0.6) is 11.5 Å². The molecule has 78 heavy (non-hydrogen) atoms. The number of fused-ring (bicyclic) bond motifs is 1. The van der Waals surface area contributed by atoms with Crippen LogP contribution in [0.25, 0.3) is 10.9 Å². The molecule has 3 aliphatic rings. The average molecular weight is 1050 g/mol. The summed E-state index contributed by atoms with van der Waals surface area (Å²) < 4.78 is 12.2. The number of piperidine rings is 3. The number of aromatic nitrogens is 1. The summed E-state index contributed by atoms with van der Waals surface area (Å²) in [4.78, 5) is 62.1. The zero-order valence-corrected chi connectivity index (χ0v) is 44.0. The van der Waals surface area contributed by atoms with Gasteiger partial charge in [0, 0.05) is 67.4 Å². The van der Waals surface area contributed by atoms with Crippen molar-refractivity contribution < 1.29 is 39.2 Å². The molecule has 404 valence electrons. The summed E-state index contributed by atoms with van der Waals surface area (Å²) >= 11 is 0. The van der Waals surface area contributed by atoms with Gasteiger partial charge in [0.2, 0.25) is 11.2 Å². The molecule has 0 saturated carbocycles. The van der Waals surface area contributed by atoms with Crippen molar-refractivity contribution in [3.8, 4) is 11.5 Å². The Kier molecular flexibility index (Phi) is 16.8. The fourth-order valence-electron chi connectivity index (χ4n) is 11.4. The summed E-state index contributed by atoms with van der Waals surface area (Å²) in [5.41, 5.74) is 3.88. The number of aromatic hydroxyl groups is 1. The van der Waals surface area contributed by atoms with Crippen molar-refractivity contribution >= 4 is 28.7 Å². The number of phenols is 1. The molecule has 1 unspecified atom stereocenters. The number of hydrogen-bond acceptors (Lipinski definition) is 11. The van der Waals surface area contributed by atoms with Gasteiger partial charge in [0.1, 0.15) is 18.1 Å². The van der Waals surface area contributed by atoms with E-state index in [0.29, 0.717) is 83.6 Å². The second-order valence-electron chi connectivity index (χ2n) is 21.4. The number of amides is 2. The molecule has 0 aliphatic carbocycles. The summed E-state index contributed by atoms with van der Waals surface area (Å²) in [5.74, 6) is -0.0632. The normalized spacial score (nSPS) is 17.1. The highest BCUT2D eigenvalue weighted by Gasteiger charge is 2.43. The Hall–Kier alpha value is -7.62. The highest BCUT2D eigenvalue weighted by Crippen LogP contribution is 2.42. The number of carbonyl (C=O) groups excluding carboxylic acids is 3. The number of pyridine rings is 1. The van der Waals surface area contributed by atoms with E-state index in [4.69, 9.17) is 9.47 Å². The van der Waals surface area contributed by atoms with Crippen LogP contribution in [-0.4, -0.2) is 112 Å². The third-order valence-electron chi connectivity index (χ3n) is 16.4. The molecule has 2 amide bonds. The van der Waals surface area contributed by atoms with Gasteiger partial charge in [-0.2, -0.15) is 0 Å². The van der Waals surface area contributed by atoms with E-state index in [1.807, 2.05) is 70.5 Å². The first-order chi connectivity index (χ1) is 37.9. The fourth-order valence-corrected chi connectivity index (χ4v) is 11.4. The van der Waals surface area contributed by atoms with Gasteiger partial charge >= 0.3 is 5.97 Å². The second-order valence-corrected chi connectivity index (χ2v) is 21.4. The number of nitrogens with one attached hydrogen (secondary N) is 2. The predicted octanol–water partition coefficient (Wildman–Crippen LogP) is 8.53. The van der Waals surface area contributed by atoms with E-state index >= 15 is 0 Å². The van der Waals surface area contributed by atoms with Gasteiger partial charge in [-0.25, -0.2) is 4.79 Å². The molecule has 0 radical (unpaired) electrons. The number of aromatic amines is 1. The van der Waals surface area contributed by atoms with E-state index < -0.39 is 17.7 Å². The number of aliphatic hydroxyl groups excluding tert-OH is 1. The summed E-state index contributed by atoms with van der Waals surface area (Å²) in [6.45, 7) is 6.75. The minimum Gasteiger partial charge on any atom is -0.506 e. The molecule has 0 bridgehead atoms. The highest BCUT2D eigenvalue weighted by atomic mass is 16.5. The van der Waals surface area contributed by atoms with Crippen molar-refractivity contribution in [2.75, 3.05) is 59.0 Å². The van der Waals surface area contributed by atoms with Crippen LogP contribution >= 0.6 is 0 Å². The summed E-state index contributed by atoms with van der Waals surface area (Å²) in [7, 11) is 0. The van der Waals surface area contributed by atoms with Crippen LogP contribution in [-0.2, 0) is 34.7 Å². The Morgan fingerprint density at radius 3 is 1.92 bits per heavy atom. The van der Waals surface area contributed by atoms with Crippen LogP contribution < -0.4 is 15.6 Å². The van der Waals surface area contributed by atoms with Gasteiger partial charge in [0.15, 0.2) is 0 Å². The number of likely N-dealkylation sites (tertiary alicyclic amines) is 3. The summed E-state index contributed by atoms with van der Waals surface area (Å²) in [6.07, 6.45) is 5.25. The van der Waals surface area contributed by atoms with Crippen molar-refractivity contribution in [1.82, 2.24) is 25.0 Å². The lowest BCUT2D eigenvalue weighted by Crippen LogP contribution is -2.49. The van der Waals surface area contributed by atoms with Gasteiger partial charge in [-0.15, -0.1) is 0 Å². The van der Waals surface area contributed by atoms with Gasteiger partial charge in [0.05, 0.1) is 18.2 Å². The van der Waals surface area contributed by atoms with Crippen LogP contribution in [0.3, 0.4) is 0 Å². The maximum absolute atomic E-state index is 14.0. The zero-order valence-electron chi connectivity index (χ0n) is 44.0. The number of nitrogens with zero attached hydrogens (tertiary/aromatic N) is 3. The summed E-state index contributed by atoms with van der Waals surface area (Å²) in [5, 5.41) is 37.2. The van der Waals surface area contributed by atoms with E-state index in [2.05, 4.69) is 39.5 Å². The Balaban J connectivity index is 0.655. The van der Waals surface area contributed by atoms with Gasteiger partial charge in [-0.05, 0) is 152 Å². The Morgan fingerprint density at radius 2 is 1.28 bits per heavy atom. The largest absolute Gasteiger partial charge is 0.506 e. The van der Waals surface area contributed by atoms with E-state index in [-0.39, 0.29) is 54.2 Å². The zero-order chi connectivity index (χ0) is 54.1. The molecule has 3 fully saturated rings. The SMILES string of the molecule is O=C(c1ccc(CCNC[C@H](O)c2ccc(O)c3[nH]c(=O)ccc23)cc1)N1CCC2(CC1)CCN(C(=O)c1ccc(COc3cccc(C(O)(C(=O)OCC4CCN(Cc5ccccc5)CC4)c4ccccc4)c3)cc1)CC2. The highest BCUT2D eigenvalue weighted by molar-refractivity contribution is 5.95. The average Bonchev–Trinajstić information content (AvgIpc) is 3.48. The topological polar surface area (TPSA) is 185 Å². The minimum absolute atomic E-state index is 0.00238. The molecule has 2 atom stereocenters. The third-order valence-corrected chi connectivity index (χ3v) is 16.4. The maximum Gasteiger partial charge on any atom is 0.347 e. The van der Waals surface area contributed by atoms with Gasteiger partial charge in [-0.1, -0.05) is 103 Å².